The molecule has 5 heteroatoms. The molecule has 1 aliphatic carbocycles. The van der Waals surface area contributed by atoms with Crippen LogP contribution in [0.15, 0.2) is 145 Å². The highest BCUT2D eigenvalue weighted by molar-refractivity contribution is 6.30. The predicted octanol–water partition coefficient (Wildman–Crippen LogP) is 8.47. The number of nitrogens with one attached hydrogen (secondary N) is 2. The van der Waals surface area contributed by atoms with E-state index in [1.165, 1.54) is 65.1 Å². The van der Waals surface area contributed by atoms with Gasteiger partial charge in [-0.25, -0.2) is 4.99 Å². The van der Waals surface area contributed by atoms with E-state index in [0.717, 1.165) is 35.5 Å². The number of para-hydroxylation sites is 1. The van der Waals surface area contributed by atoms with Gasteiger partial charge in [0.2, 0.25) is 0 Å². The molecule has 2 N–H and O–H groups in total. The molecule has 6 aromatic carbocycles. The van der Waals surface area contributed by atoms with Gasteiger partial charge in [-0.1, -0.05) is 121 Å². The smallest absolute Gasteiger partial charge is 0.131 e. The van der Waals surface area contributed by atoms with E-state index in [0.29, 0.717) is 0 Å². The first-order chi connectivity index (χ1) is 24.8. The van der Waals surface area contributed by atoms with Crippen molar-refractivity contribution < 1.29 is 0 Å². The van der Waals surface area contributed by atoms with Gasteiger partial charge in [-0.15, -0.1) is 0 Å². The number of aromatic nitrogens is 2. The van der Waals surface area contributed by atoms with Crippen LogP contribution in [0, 0.1) is 0 Å². The standard InChI is InChI=1S/C45H33N5/c1-3-13-28(14-4-1)43-46-44(29-15-5-2-6-16-29)48-45(47-43)30-17-11-18-31(27-30)49-38-24-12-21-34-32-19-7-9-22-36(32)50-37-23-10-8-20-33(37)35-25-26-39(49)41(40(34)38)42(35)50/h1-7,9,11-27,43,45,47H,8,10H2,(H,46,48). The summed E-state index contributed by atoms with van der Waals surface area (Å²) in [6.45, 7) is 0. The summed E-state index contributed by atoms with van der Waals surface area (Å²) < 4.78 is 5.01. The highest BCUT2D eigenvalue weighted by atomic mass is 15.3. The third kappa shape index (κ3) is 3.95. The molecular weight excluding hydrogens is 611 g/mol. The van der Waals surface area contributed by atoms with E-state index in [9.17, 15) is 0 Å². The minimum Gasteiger partial charge on any atom is -0.350 e. The van der Waals surface area contributed by atoms with E-state index in [4.69, 9.17) is 4.99 Å². The lowest BCUT2D eigenvalue weighted by atomic mass is 10.0. The molecule has 0 saturated heterocycles. The van der Waals surface area contributed by atoms with Crippen LogP contribution in [0.25, 0.3) is 66.8 Å². The van der Waals surface area contributed by atoms with Crippen molar-refractivity contribution in [2.24, 2.45) is 4.99 Å². The van der Waals surface area contributed by atoms with Gasteiger partial charge in [-0.05, 0) is 59.7 Å². The van der Waals surface area contributed by atoms with E-state index < -0.39 is 0 Å². The Labute approximate surface area is 288 Å². The second kappa shape index (κ2) is 10.7. The molecule has 9 aromatic rings. The van der Waals surface area contributed by atoms with Crippen LogP contribution in [0.4, 0.5) is 0 Å². The van der Waals surface area contributed by atoms with Crippen molar-refractivity contribution in [3.05, 3.63) is 167 Å². The topological polar surface area (TPSA) is 45.8 Å². The third-order valence-corrected chi connectivity index (χ3v) is 10.7. The van der Waals surface area contributed by atoms with E-state index in [-0.39, 0.29) is 12.3 Å². The lowest BCUT2D eigenvalue weighted by molar-refractivity contribution is 0.409. The van der Waals surface area contributed by atoms with Gasteiger partial charge >= 0.3 is 0 Å². The van der Waals surface area contributed by atoms with Crippen LogP contribution in [0.2, 0.25) is 0 Å². The lowest BCUT2D eigenvalue weighted by Crippen LogP contribution is -2.44. The van der Waals surface area contributed by atoms with Crippen LogP contribution < -0.4 is 21.2 Å². The maximum absolute atomic E-state index is 5.26. The second-order valence-corrected chi connectivity index (χ2v) is 13.5. The van der Waals surface area contributed by atoms with Crippen LogP contribution in [0.5, 0.6) is 0 Å². The van der Waals surface area contributed by atoms with E-state index in [1.54, 1.807) is 0 Å². The van der Waals surface area contributed by atoms with Gasteiger partial charge in [-0.3, -0.25) is 5.32 Å². The zero-order chi connectivity index (χ0) is 32.8. The molecular formula is C45H33N5. The molecule has 0 fully saturated rings. The predicted molar refractivity (Wildman–Crippen MR) is 207 cm³/mol. The Bertz CT molecular complexity index is 2930. The largest absolute Gasteiger partial charge is 0.350 e. The summed E-state index contributed by atoms with van der Waals surface area (Å²) in [4.78, 5) is 5.26. The Morgan fingerprint density at radius 3 is 2.20 bits per heavy atom. The number of nitrogens with zero attached hydrogens (tertiary/aromatic N) is 3. The monoisotopic (exact) mass is 643 g/mol. The molecule has 2 unspecified atom stereocenters. The fourth-order valence-corrected chi connectivity index (χ4v) is 8.60. The maximum atomic E-state index is 5.26. The van der Waals surface area contributed by atoms with E-state index in [2.05, 4.69) is 165 Å². The molecule has 11 rings (SSSR count). The SMILES string of the molecule is C1=c2c(n3c4ccccc4c4cccc5c4c4c(ccc2c43)n5-c2cccc(C3N=C(c4ccccc4)NC(c4ccccc4)N3)c2)=CCC1. The first-order valence-corrected chi connectivity index (χ1v) is 17.5. The summed E-state index contributed by atoms with van der Waals surface area (Å²) in [5, 5.41) is 16.7. The average molecular weight is 644 g/mol. The van der Waals surface area contributed by atoms with E-state index in [1.807, 2.05) is 6.07 Å². The van der Waals surface area contributed by atoms with Crippen molar-refractivity contribution in [2.45, 2.75) is 25.2 Å². The van der Waals surface area contributed by atoms with Crippen LogP contribution in [0.3, 0.4) is 0 Å². The van der Waals surface area contributed by atoms with Crippen molar-refractivity contribution in [2.75, 3.05) is 0 Å². The van der Waals surface area contributed by atoms with Crippen molar-refractivity contribution >= 4 is 67.0 Å². The molecule has 1 aliphatic heterocycles. The molecule has 0 bridgehead atoms. The number of benzene rings is 6. The van der Waals surface area contributed by atoms with Crippen LogP contribution >= 0.6 is 0 Å². The molecule has 4 heterocycles. The fourth-order valence-electron chi connectivity index (χ4n) is 8.60. The van der Waals surface area contributed by atoms with Gasteiger partial charge in [0.25, 0.3) is 0 Å². The molecule has 0 saturated carbocycles. The molecule has 0 amide bonds. The molecule has 238 valence electrons. The van der Waals surface area contributed by atoms with Crippen molar-refractivity contribution in [1.82, 2.24) is 19.6 Å². The first-order valence-electron chi connectivity index (χ1n) is 17.5. The zero-order valence-corrected chi connectivity index (χ0v) is 27.3. The quantitative estimate of drug-likeness (QED) is 0.202. The number of hydrogen-bond acceptors (Lipinski definition) is 3. The number of rotatable bonds is 4. The average Bonchev–Trinajstić information content (AvgIpc) is 3.67. The van der Waals surface area contributed by atoms with Gasteiger partial charge in [0.1, 0.15) is 18.2 Å². The van der Waals surface area contributed by atoms with Crippen molar-refractivity contribution in [1.29, 1.82) is 0 Å². The minimum absolute atomic E-state index is 0.0907. The van der Waals surface area contributed by atoms with E-state index >= 15 is 0 Å². The molecule has 0 radical (unpaired) electrons. The zero-order valence-electron chi connectivity index (χ0n) is 27.3. The van der Waals surface area contributed by atoms with Gasteiger partial charge in [0.15, 0.2) is 0 Å². The molecule has 3 aromatic heterocycles. The molecule has 5 nitrogen and oxygen atoms in total. The summed E-state index contributed by atoms with van der Waals surface area (Å²) in [6, 6.07) is 50.3. The van der Waals surface area contributed by atoms with Gasteiger partial charge in [0, 0.05) is 43.4 Å². The summed E-state index contributed by atoms with van der Waals surface area (Å²) >= 11 is 0. The van der Waals surface area contributed by atoms with Gasteiger partial charge in [-0.2, -0.15) is 0 Å². The molecule has 50 heavy (non-hydrogen) atoms. The van der Waals surface area contributed by atoms with Crippen LogP contribution in [-0.2, 0) is 0 Å². The Balaban J connectivity index is 1.17. The maximum Gasteiger partial charge on any atom is 0.131 e. The Kier molecular flexibility index (Phi) is 5.92. The highest BCUT2D eigenvalue weighted by Gasteiger charge is 2.27. The molecule has 0 spiro atoms. The van der Waals surface area contributed by atoms with Gasteiger partial charge < -0.3 is 14.3 Å². The Morgan fingerprint density at radius 2 is 1.30 bits per heavy atom. The van der Waals surface area contributed by atoms with Crippen molar-refractivity contribution in [3.8, 4) is 5.69 Å². The number of amidine groups is 1. The summed E-state index contributed by atoms with van der Waals surface area (Å²) in [5.41, 5.74) is 9.49. The first kappa shape index (κ1) is 27.7. The normalized spacial score (nSPS) is 17.6. The van der Waals surface area contributed by atoms with Crippen LogP contribution in [0.1, 0.15) is 41.9 Å². The second-order valence-electron chi connectivity index (χ2n) is 13.5. The third-order valence-electron chi connectivity index (χ3n) is 10.7. The number of fused-ring (bicyclic) bond motifs is 6. The Morgan fingerprint density at radius 1 is 0.580 bits per heavy atom. The van der Waals surface area contributed by atoms with Gasteiger partial charge in [0.05, 0.1) is 22.1 Å². The lowest BCUT2D eigenvalue weighted by Gasteiger charge is -2.32. The Hall–Kier alpha value is -6.17. The summed E-state index contributed by atoms with van der Waals surface area (Å²) in [7, 11) is 0. The highest BCUT2D eigenvalue weighted by Crippen LogP contribution is 2.42. The minimum atomic E-state index is -0.243. The molecule has 2 atom stereocenters. The summed E-state index contributed by atoms with van der Waals surface area (Å²) in [5.74, 6) is 0.886. The molecule has 2 aliphatic rings. The number of aliphatic imine (C=N–C) groups is 1. The fraction of sp³-hybridized carbons (Fsp3) is 0.0889. The summed E-state index contributed by atoms with van der Waals surface area (Å²) in [6.07, 6.45) is 6.68. The number of hydrogen-bond donors (Lipinski definition) is 2. The van der Waals surface area contributed by atoms with Crippen LogP contribution in [-0.4, -0.2) is 14.8 Å². The van der Waals surface area contributed by atoms with Crippen molar-refractivity contribution in [3.63, 3.8) is 0 Å².